The molecular formula is C17H20N4. The predicted molar refractivity (Wildman–Crippen MR) is 85.0 cm³/mol. The molecule has 108 valence electrons. The number of hydrogen-bond donors (Lipinski definition) is 1. The van der Waals surface area contributed by atoms with E-state index >= 15 is 0 Å². The number of hydrogen-bond acceptors (Lipinski definition) is 3. The number of aryl methyl sites for hydroxylation is 2. The van der Waals surface area contributed by atoms with Crippen molar-refractivity contribution in [2.75, 3.05) is 0 Å². The molecule has 3 aromatic rings. The van der Waals surface area contributed by atoms with Crippen LogP contribution in [-0.2, 0) is 20.1 Å². The molecule has 0 bridgehead atoms. The van der Waals surface area contributed by atoms with Crippen LogP contribution < -0.4 is 5.32 Å². The van der Waals surface area contributed by atoms with Crippen molar-refractivity contribution in [1.29, 1.82) is 0 Å². The van der Waals surface area contributed by atoms with Gasteiger partial charge in [0.25, 0.3) is 0 Å². The highest BCUT2D eigenvalue weighted by Crippen LogP contribution is 2.14. The molecule has 0 fully saturated rings. The van der Waals surface area contributed by atoms with Crippen LogP contribution in [0.1, 0.15) is 22.5 Å². The molecule has 0 aliphatic rings. The standard InChI is InChI=1S/C17H20N4/c1-12-16(13(2)21(3)20-12)11-18-10-14-6-7-17-15(9-14)5-4-8-19-17/h4-9,18H,10-11H2,1-3H3. The van der Waals surface area contributed by atoms with E-state index in [1.165, 1.54) is 22.2 Å². The Balaban J connectivity index is 1.69. The fraction of sp³-hybridized carbons (Fsp3) is 0.294. The maximum absolute atomic E-state index is 4.45. The lowest BCUT2D eigenvalue weighted by Gasteiger charge is -2.07. The Kier molecular flexibility index (Phi) is 3.71. The maximum atomic E-state index is 4.45. The third-order valence-corrected chi connectivity index (χ3v) is 3.96. The van der Waals surface area contributed by atoms with E-state index in [0.717, 1.165) is 24.3 Å². The molecule has 1 N–H and O–H groups in total. The lowest BCUT2D eigenvalue weighted by Crippen LogP contribution is -2.13. The third kappa shape index (κ3) is 2.81. The van der Waals surface area contributed by atoms with Gasteiger partial charge in [-0.15, -0.1) is 0 Å². The van der Waals surface area contributed by atoms with Gasteiger partial charge in [-0.2, -0.15) is 5.10 Å². The molecule has 0 amide bonds. The van der Waals surface area contributed by atoms with Gasteiger partial charge in [-0.05, 0) is 37.6 Å². The number of pyridine rings is 1. The van der Waals surface area contributed by atoms with E-state index in [1.54, 1.807) is 0 Å². The van der Waals surface area contributed by atoms with Gasteiger partial charge in [0.1, 0.15) is 0 Å². The first-order valence-electron chi connectivity index (χ1n) is 7.18. The van der Waals surface area contributed by atoms with E-state index < -0.39 is 0 Å². The Labute approximate surface area is 124 Å². The lowest BCUT2D eigenvalue weighted by molar-refractivity contribution is 0.684. The molecule has 21 heavy (non-hydrogen) atoms. The molecular weight excluding hydrogens is 260 g/mol. The first kappa shape index (κ1) is 13.8. The molecule has 4 heteroatoms. The van der Waals surface area contributed by atoms with Crippen LogP contribution in [0, 0.1) is 13.8 Å². The summed E-state index contributed by atoms with van der Waals surface area (Å²) in [6, 6.07) is 10.5. The second-order valence-corrected chi connectivity index (χ2v) is 5.41. The molecule has 4 nitrogen and oxygen atoms in total. The highest BCUT2D eigenvalue weighted by atomic mass is 15.3. The molecule has 0 atom stereocenters. The summed E-state index contributed by atoms with van der Waals surface area (Å²) in [4.78, 5) is 4.34. The van der Waals surface area contributed by atoms with Crippen molar-refractivity contribution < 1.29 is 0 Å². The Bertz CT molecular complexity index is 774. The number of benzene rings is 1. The molecule has 3 rings (SSSR count). The Hall–Kier alpha value is -2.20. The van der Waals surface area contributed by atoms with E-state index in [4.69, 9.17) is 0 Å². The first-order chi connectivity index (χ1) is 10.1. The van der Waals surface area contributed by atoms with Gasteiger partial charge in [0.05, 0.1) is 11.2 Å². The molecule has 0 saturated carbocycles. The minimum Gasteiger partial charge on any atom is -0.308 e. The molecule has 1 aromatic carbocycles. The summed E-state index contributed by atoms with van der Waals surface area (Å²) < 4.78 is 1.94. The summed E-state index contributed by atoms with van der Waals surface area (Å²) in [5.74, 6) is 0. The van der Waals surface area contributed by atoms with Gasteiger partial charge in [0.2, 0.25) is 0 Å². The molecule has 0 aliphatic heterocycles. The minimum absolute atomic E-state index is 0.844. The van der Waals surface area contributed by atoms with Gasteiger partial charge in [0.15, 0.2) is 0 Å². The monoisotopic (exact) mass is 280 g/mol. The van der Waals surface area contributed by atoms with Crippen molar-refractivity contribution >= 4 is 10.9 Å². The van der Waals surface area contributed by atoms with E-state index in [-0.39, 0.29) is 0 Å². The molecule has 0 aliphatic carbocycles. The number of aromatic nitrogens is 3. The molecule has 0 radical (unpaired) electrons. The van der Waals surface area contributed by atoms with Crippen LogP contribution in [0.25, 0.3) is 10.9 Å². The highest BCUT2D eigenvalue weighted by Gasteiger charge is 2.08. The molecule has 2 aromatic heterocycles. The van der Waals surface area contributed by atoms with Crippen LogP contribution in [0.5, 0.6) is 0 Å². The largest absolute Gasteiger partial charge is 0.308 e. The van der Waals surface area contributed by atoms with Gasteiger partial charge in [-0.25, -0.2) is 0 Å². The fourth-order valence-electron chi connectivity index (χ4n) is 2.64. The maximum Gasteiger partial charge on any atom is 0.0702 e. The number of fused-ring (bicyclic) bond motifs is 1. The molecule has 0 spiro atoms. The molecule has 0 saturated heterocycles. The van der Waals surface area contributed by atoms with Crippen LogP contribution in [0.4, 0.5) is 0 Å². The first-order valence-corrected chi connectivity index (χ1v) is 7.18. The van der Waals surface area contributed by atoms with Crippen molar-refractivity contribution in [3.8, 4) is 0 Å². The average Bonchev–Trinajstić information content (AvgIpc) is 2.73. The predicted octanol–water partition coefficient (Wildman–Crippen LogP) is 2.87. The normalized spacial score (nSPS) is 11.2. The van der Waals surface area contributed by atoms with Crippen molar-refractivity contribution in [2.24, 2.45) is 7.05 Å². The van der Waals surface area contributed by atoms with Gasteiger partial charge in [-0.1, -0.05) is 12.1 Å². The Morgan fingerprint density at radius 3 is 2.76 bits per heavy atom. The summed E-state index contributed by atoms with van der Waals surface area (Å²) in [6.45, 7) is 5.86. The van der Waals surface area contributed by atoms with Crippen molar-refractivity contribution in [1.82, 2.24) is 20.1 Å². The topological polar surface area (TPSA) is 42.7 Å². The van der Waals surface area contributed by atoms with Crippen molar-refractivity contribution in [3.63, 3.8) is 0 Å². The van der Waals surface area contributed by atoms with Crippen molar-refractivity contribution in [3.05, 3.63) is 59.0 Å². The smallest absolute Gasteiger partial charge is 0.0702 e. The second kappa shape index (κ2) is 5.66. The lowest BCUT2D eigenvalue weighted by atomic mass is 10.1. The Morgan fingerprint density at radius 1 is 1.14 bits per heavy atom. The van der Waals surface area contributed by atoms with E-state index in [1.807, 2.05) is 24.0 Å². The number of rotatable bonds is 4. The fourth-order valence-corrected chi connectivity index (χ4v) is 2.64. The zero-order chi connectivity index (χ0) is 14.8. The Morgan fingerprint density at radius 2 is 2.00 bits per heavy atom. The van der Waals surface area contributed by atoms with Crippen LogP contribution in [-0.4, -0.2) is 14.8 Å². The second-order valence-electron chi connectivity index (χ2n) is 5.41. The van der Waals surface area contributed by atoms with Gasteiger partial charge < -0.3 is 5.32 Å². The SMILES string of the molecule is Cc1nn(C)c(C)c1CNCc1ccc2ncccc2c1. The average molecular weight is 280 g/mol. The van der Waals surface area contributed by atoms with Crippen LogP contribution in [0.3, 0.4) is 0 Å². The quantitative estimate of drug-likeness (QED) is 0.799. The van der Waals surface area contributed by atoms with Gasteiger partial charge in [0, 0.05) is 43.0 Å². The number of nitrogens with zero attached hydrogens (tertiary/aromatic N) is 3. The van der Waals surface area contributed by atoms with E-state index in [0.29, 0.717) is 0 Å². The van der Waals surface area contributed by atoms with Crippen LogP contribution >= 0.6 is 0 Å². The summed E-state index contributed by atoms with van der Waals surface area (Å²) in [5.41, 5.74) is 5.93. The van der Waals surface area contributed by atoms with Crippen LogP contribution in [0.2, 0.25) is 0 Å². The van der Waals surface area contributed by atoms with E-state index in [9.17, 15) is 0 Å². The zero-order valence-electron chi connectivity index (χ0n) is 12.7. The van der Waals surface area contributed by atoms with Gasteiger partial charge >= 0.3 is 0 Å². The van der Waals surface area contributed by atoms with E-state index in [2.05, 4.69) is 53.5 Å². The summed E-state index contributed by atoms with van der Waals surface area (Å²) in [7, 11) is 1.99. The third-order valence-electron chi connectivity index (χ3n) is 3.96. The zero-order valence-corrected chi connectivity index (χ0v) is 12.7. The summed E-state index contributed by atoms with van der Waals surface area (Å²) >= 11 is 0. The summed E-state index contributed by atoms with van der Waals surface area (Å²) in [5, 5.41) is 9.14. The van der Waals surface area contributed by atoms with Gasteiger partial charge in [-0.3, -0.25) is 9.67 Å². The molecule has 0 unspecified atom stereocenters. The number of nitrogens with one attached hydrogen (secondary N) is 1. The van der Waals surface area contributed by atoms with Crippen molar-refractivity contribution in [2.45, 2.75) is 26.9 Å². The summed E-state index contributed by atoms with van der Waals surface area (Å²) in [6.07, 6.45) is 1.83. The highest BCUT2D eigenvalue weighted by molar-refractivity contribution is 5.78. The van der Waals surface area contributed by atoms with Crippen LogP contribution in [0.15, 0.2) is 36.5 Å². The minimum atomic E-state index is 0.844. The molecule has 2 heterocycles.